The van der Waals surface area contributed by atoms with E-state index < -0.39 is 0 Å². The Hall–Kier alpha value is -0.0800. The van der Waals surface area contributed by atoms with E-state index in [-0.39, 0.29) is 0 Å². The molecule has 0 aromatic carbocycles. The van der Waals surface area contributed by atoms with Gasteiger partial charge in [0.25, 0.3) is 0 Å². The molecule has 0 spiro atoms. The van der Waals surface area contributed by atoms with Gasteiger partial charge in [-0.3, -0.25) is 0 Å². The van der Waals surface area contributed by atoms with Crippen LogP contribution in [0.2, 0.25) is 0 Å². The van der Waals surface area contributed by atoms with E-state index in [0.717, 1.165) is 13.1 Å². The van der Waals surface area contributed by atoms with Gasteiger partial charge < -0.3 is 11.1 Å². The molecule has 16 heavy (non-hydrogen) atoms. The second kappa shape index (κ2) is 13.0. The van der Waals surface area contributed by atoms with Gasteiger partial charge in [0, 0.05) is 12.6 Å². The fraction of sp³-hybridized carbons (Fsp3) is 1.00. The van der Waals surface area contributed by atoms with Crippen LogP contribution in [0.25, 0.3) is 0 Å². The van der Waals surface area contributed by atoms with Gasteiger partial charge in [-0.1, -0.05) is 58.8 Å². The summed E-state index contributed by atoms with van der Waals surface area (Å²) in [5.74, 6) is 0. The summed E-state index contributed by atoms with van der Waals surface area (Å²) in [4.78, 5) is 0. The Balaban J connectivity index is 3.02. The Morgan fingerprint density at radius 2 is 1.50 bits per heavy atom. The van der Waals surface area contributed by atoms with Gasteiger partial charge in [-0.2, -0.15) is 0 Å². The predicted molar refractivity (Wildman–Crippen MR) is 73.7 cm³/mol. The van der Waals surface area contributed by atoms with E-state index in [0.29, 0.717) is 6.04 Å². The summed E-state index contributed by atoms with van der Waals surface area (Å²) in [7, 11) is 0. The number of nitrogens with two attached hydrogens (primary N) is 1. The zero-order valence-corrected chi connectivity index (χ0v) is 11.4. The fourth-order valence-electron chi connectivity index (χ4n) is 1.89. The smallest absolute Gasteiger partial charge is 0.0165 e. The second-order valence-electron chi connectivity index (χ2n) is 4.87. The lowest BCUT2D eigenvalue weighted by Crippen LogP contribution is -2.34. The quantitative estimate of drug-likeness (QED) is 0.502. The van der Waals surface area contributed by atoms with Crippen molar-refractivity contribution in [3.63, 3.8) is 0 Å². The first-order valence-corrected chi connectivity index (χ1v) is 7.27. The largest absolute Gasteiger partial charge is 0.327 e. The van der Waals surface area contributed by atoms with Crippen LogP contribution in [0.1, 0.15) is 71.6 Å². The topological polar surface area (TPSA) is 38.0 Å². The molecule has 2 heteroatoms. The highest BCUT2D eigenvalue weighted by Gasteiger charge is 2.00. The van der Waals surface area contributed by atoms with Crippen LogP contribution >= 0.6 is 0 Å². The van der Waals surface area contributed by atoms with Gasteiger partial charge in [-0.25, -0.2) is 0 Å². The molecule has 1 atom stereocenters. The van der Waals surface area contributed by atoms with Crippen LogP contribution in [0.4, 0.5) is 0 Å². The molecule has 0 heterocycles. The molecule has 0 bridgehead atoms. The Kier molecular flexibility index (Phi) is 12.9. The molecule has 0 saturated heterocycles. The highest BCUT2D eigenvalue weighted by atomic mass is 14.9. The minimum atomic E-state index is 0.361. The maximum atomic E-state index is 5.98. The molecule has 3 N–H and O–H groups in total. The zero-order chi connectivity index (χ0) is 12.1. The van der Waals surface area contributed by atoms with Crippen molar-refractivity contribution in [2.24, 2.45) is 5.73 Å². The Morgan fingerprint density at radius 1 is 0.875 bits per heavy atom. The van der Waals surface area contributed by atoms with E-state index in [1.807, 2.05) is 0 Å². The van der Waals surface area contributed by atoms with Crippen LogP contribution in [-0.2, 0) is 0 Å². The lowest BCUT2D eigenvalue weighted by atomic mass is 10.1. The molecule has 0 radical (unpaired) electrons. The number of hydrogen-bond donors (Lipinski definition) is 2. The molecule has 0 aliphatic carbocycles. The molecule has 0 aliphatic rings. The van der Waals surface area contributed by atoms with Gasteiger partial charge in [0.05, 0.1) is 0 Å². The second-order valence-corrected chi connectivity index (χ2v) is 4.87. The molecule has 0 amide bonds. The molecule has 0 aromatic rings. The van der Waals surface area contributed by atoms with Crippen molar-refractivity contribution in [2.45, 2.75) is 77.7 Å². The van der Waals surface area contributed by atoms with E-state index in [1.54, 1.807) is 0 Å². The molecule has 0 rings (SSSR count). The average molecular weight is 228 g/mol. The third-order valence-corrected chi connectivity index (χ3v) is 3.04. The molecule has 0 aliphatic heterocycles. The monoisotopic (exact) mass is 228 g/mol. The van der Waals surface area contributed by atoms with Crippen LogP contribution < -0.4 is 11.1 Å². The van der Waals surface area contributed by atoms with Crippen LogP contribution in [0.5, 0.6) is 0 Å². The van der Waals surface area contributed by atoms with Crippen LogP contribution in [0.15, 0.2) is 0 Å². The molecule has 0 saturated carbocycles. The number of rotatable bonds is 12. The summed E-state index contributed by atoms with van der Waals surface area (Å²) in [5, 5.41) is 3.46. The van der Waals surface area contributed by atoms with Crippen LogP contribution in [0, 0.1) is 0 Å². The minimum Gasteiger partial charge on any atom is -0.327 e. The van der Waals surface area contributed by atoms with Crippen molar-refractivity contribution in [1.29, 1.82) is 0 Å². The molecule has 98 valence electrons. The zero-order valence-electron chi connectivity index (χ0n) is 11.4. The lowest BCUT2D eigenvalue weighted by Gasteiger charge is -2.11. The first-order valence-electron chi connectivity index (χ1n) is 7.27. The maximum absolute atomic E-state index is 5.98. The van der Waals surface area contributed by atoms with Crippen molar-refractivity contribution >= 4 is 0 Å². The minimum absolute atomic E-state index is 0.361. The van der Waals surface area contributed by atoms with E-state index in [4.69, 9.17) is 5.73 Å². The van der Waals surface area contributed by atoms with E-state index >= 15 is 0 Å². The number of hydrogen-bond acceptors (Lipinski definition) is 2. The number of unbranched alkanes of at least 4 members (excludes halogenated alkanes) is 6. The molecular weight excluding hydrogens is 196 g/mol. The third-order valence-electron chi connectivity index (χ3n) is 3.04. The standard InChI is InChI=1S/C14H32N2/c1-3-5-7-8-9-10-12-16-13-14(15)11-6-4-2/h14,16H,3-13,15H2,1-2H3. The van der Waals surface area contributed by atoms with Gasteiger partial charge in [-0.05, 0) is 19.4 Å². The first kappa shape index (κ1) is 15.9. The van der Waals surface area contributed by atoms with E-state index in [1.165, 1.54) is 57.8 Å². The van der Waals surface area contributed by atoms with Crippen molar-refractivity contribution in [3.05, 3.63) is 0 Å². The van der Waals surface area contributed by atoms with E-state index in [9.17, 15) is 0 Å². The summed E-state index contributed by atoms with van der Waals surface area (Å²) >= 11 is 0. The summed E-state index contributed by atoms with van der Waals surface area (Å²) in [6.45, 7) is 6.62. The summed E-state index contributed by atoms with van der Waals surface area (Å²) in [5.41, 5.74) is 5.98. The van der Waals surface area contributed by atoms with Crippen LogP contribution in [-0.4, -0.2) is 19.1 Å². The van der Waals surface area contributed by atoms with Gasteiger partial charge in [0.1, 0.15) is 0 Å². The average Bonchev–Trinajstić information content (AvgIpc) is 2.30. The van der Waals surface area contributed by atoms with Crippen LogP contribution in [0.3, 0.4) is 0 Å². The normalized spacial score (nSPS) is 12.9. The van der Waals surface area contributed by atoms with Crippen molar-refractivity contribution in [1.82, 2.24) is 5.32 Å². The summed E-state index contributed by atoms with van der Waals surface area (Å²) in [6, 6.07) is 0.361. The molecule has 2 nitrogen and oxygen atoms in total. The summed E-state index contributed by atoms with van der Waals surface area (Å²) < 4.78 is 0. The van der Waals surface area contributed by atoms with E-state index in [2.05, 4.69) is 19.2 Å². The van der Waals surface area contributed by atoms with Gasteiger partial charge in [0.15, 0.2) is 0 Å². The molecule has 1 unspecified atom stereocenters. The van der Waals surface area contributed by atoms with Crippen molar-refractivity contribution in [3.8, 4) is 0 Å². The Bertz CT molecular complexity index is 126. The fourth-order valence-corrected chi connectivity index (χ4v) is 1.89. The highest BCUT2D eigenvalue weighted by molar-refractivity contribution is 4.64. The number of nitrogens with one attached hydrogen (secondary N) is 1. The molecule has 0 fully saturated rings. The molecular formula is C14H32N2. The first-order chi connectivity index (χ1) is 7.81. The van der Waals surface area contributed by atoms with Gasteiger partial charge in [0.2, 0.25) is 0 Å². The van der Waals surface area contributed by atoms with Gasteiger partial charge >= 0.3 is 0 Å². The third kappa shape index (κ3) is 12.0. The molecule has 0 aromatic heterocycles. The SMILES string of the molecule is CCCCCCCCNCC(N)CCCC. The predicted octanol–water partition coefficient (Wildman–Crippen LogP) is 3.45. The Morgan fingerprint density at radius 3 is 2.19 bits per heavy atom. The summed E-state index contributed by atoms with van der Waals surface area (Å²) in [6.07, 6.45) is 11.9. The highest BCUT2D eigenvalue weighted by Crippen LogP contribution is 2.04. The van der Waals surface area contributed by atoms with Crippen molar-refractivity contribution in [2.75, 3.05) is 13.1 Å². The maximum Gasteiger partial charge on any atom is 0.0165 e. The lowest BCUT2D eigenvalue weighted by molar-refractivity contribution is 0.507. The van der Waals surface area contributed by atoms with Crippen molar-refractivity contribution < 1.29 is 0 Å². The van der Waals surface area contributed by atoms with Gasteiger partial charge in [-0.15, -0.1) is 0 Å². The Labute approximate surface area is 102 Å².